The molecule has 0 bridgehead atoms. The van der Waals surface area contributed by atoms with Crippen molar-refractivity contribution in [2.45, 2.75) is 37.8 Å². The van der Waals surface area contributed by atoms with Crippen molar-refractivity contribution in [3.63, 3.8) is 0 Å². The minimum absolute atomic E-state index is 0.0295. The number of amides is 1. The van der Waals surface area contributed by atoms with Crippen molar-refractivity contribution >= 4 is 11.9 Å². The Hall–Kier alpha value is -2.05. The van der Waals surface area contributed by atoms with Gasteiger partial charge in [0.2, 0.25) is 5.91 Å². The molecule has 1 amide bonds. The third kappa shape index (κ3) is 3.71. The van der Waals surface area contributed by atoms with Crippen LogP contribution in [0.3, 0.4) is 0 Å². The zero-order chi connectivity index (χ0) is 18.9. The fourth-order valence-electron chi connectivity index (χ4n) is 4.32. The largest absolute Gasteiger partial charge is 0.481 e. The first-order valence-electron chi connectivity index (χ1n) is 8.92. The standard InChI is InChI=1S/C19H22F3NO3/c20-19(21,22)16-9-5-4-8-13(16)17(24)23-10-14(15(11-23)18(25)26)12-6-2-1-3-7-12/h1-3,6-7,13-16H,4-5,8-11H2,(H,25,26)/t13?,14-,15-,16?/m1/s1. The molecule has 26 heavy (non-hydrogen) atoms. The molecule has 0 spiro atoms. The van der Waals surface area contributed by atoms with Crippen LogP contribution in [0.25, 0.3) is 0 Å². The highest BCUT2D eigenvalue weighted by molar-refractivity contribution is 5.82. The number of hydrogen-bond donors (Lipinski definition) is 1. The molecular formula is C19H22F3NO3. The van der Waals surface area contributed by atoms with Gasteiger partial charge in [-0.1, -0.05) is 43.2 Å². The number of likely N-dealkylation sites (tertiary alicyclic amines) is 1. The number of carboxylic acid groups (broad SMARTS) is 1. The predicted octanol–water partition coefficient (Wildman–Crippen LogP) is 3.68. The molecule has 142 valence electrons. The van der Waals surface area contributed by atoms with E-state index in [0.29, 0.717) is 12.8 Å². The molecule has 1 saturated carbocycles. The van der Waals surface area contributed by atoms with Crippen molar-refractivity contribution in [2.24, 2.45) is 17.8 Å². The van der Waals surface area contributed by atoms with E-state index >= 15 is 0 Å². The summed E-state index contributed by atoms with van der Waals surface area (Å²) in [4.78, 5) is 25.8. The first-order chi connectivity index (χ1) is 12.3. The Balaban J connectivity index is 1.80. The Morgan fingerprint density at radius 1 is 1.00 bits per heavy atom. The number of halogens is 3. The maximum atomic E-state index is 13.3. The summed E-state index contributed by atoms with van der Waals surface area (Å²) in [5.74, 6) is -5.47. The van der Waals surface area contributed by atoms with E-state index in [1.165, 1.54) is 4.90 Å². The SMILES string of the molecule is O=C(O)[C@@H]1CN(C(=O)C2CCCCC2C(F)(F)F)C[C@@H]1c1ccccc1. The molecule has 7 heteroatoms. The van der Waals surface area contributed by atoms with Gasteiger partial charge < -0.3 is 10.0 Å². The Morgan fingerprint density at radius 3 is 2.27 bits per heavy atom. The van der Waals surface area contributed by atoms with Gasteiger partial charge in [0.05, 0.1) is 11.8 Å². The van der Waals surface area contributed by atoms with Crippen LogP contribution in [-0.2, 0) is 9.59 Å². The summed E-state index contributed by atoms with van der Waals surface area (Å²) in [6, 6.07) is 8.99. The molecule has 1 aliphatic carbocycles. The Bertz CT molecular complexity index is 662. The lowest BCUT2D eigenvalue weighted by Crippen LogP contribution is -2.44. The molecule has 1 saturated heterocycles. The molecule has 2 aliphatic rings. The van der Waals surface area contributed by atoms with Gasteiger partial charge in [-0.3, -0.25) is 9.59 Å². The topological polar surface area (TPSA) is 57.6 Å². The monoisotopic (exact) mass is 369 g/mol. The molecular weight excluding hydrogens is 347 g/mol. The zero-order valence-corrected chi connectivity index (χ0v) is 14.3. The molecule has 4 atom stereocenters. The number of nitrogens with zero attached hydrogens (tertiary/aromatic N) is 1. The number of benzene rings is 1. The maximum absolute atomic E-state index is 13.3. The van der Waals surface area contributed by atoms with Gasteiger partial charge in [-0.25, -0.2) is 0 Å². The summed E-state index contributed by atoms with van der Waals surface area (Å²) < 4.78 is 40.0. The number of aliphatic carboxylic acids is 1. The van der Waals surface area contributed by atoms with E-state index in [-0.39, 0.29) is 25.9 Å². The Kier molecular flexibility index (Phi) is 5.25. The van der Waals surface area contributed by atoms with Gasteiger partial charge in [-0.05, 0) is 18.4 Å². The van der Waals surface area contributed by atoms with Crippen LogP contribution >= 0.6 is 0 Å². The van der Waals surface area contributed by atoms with Crippen LogP contribution in [0, 0.1) is 17.8 Å². The molecule has 0 aromatic heterocycles. The van der Waals surface area contributed by atoms with Crippen LogP contribution in [0.5, 0.6) is 0 Å². The van der Waals surface area contributed by atoms with Crippen molar-refractivity contribution in [3.8, 4) is 0 Å². The summed E-state index contributed by atoms with van der Waals surface area (Å²) in [7, 11) is 0. The van der Waals surface area contributed by atoms with Gasteiger partial charge in [0.1, 0.15) is 0 Å². The minimum Gasteiger partial charge on any atom is -0.481 e. The summed E-state index contributed by atoms with van der Waals surface area (Å²) in [5, 5.41) is 9.52. The summed E-state index contributed by atoms with van der Waals surface area (Å²) in [6.45, 7) is 0.121. The Morgan fingerprint density at radius 2 is 1.65 bits per heavy atom. The second kappa shape index (κ2) is 7.29. The number of carbonyl (C=O) groups excluding carboxylic acids is 1. The van der Waals surface area contributed by atoms with Crippen molar-refractivity contribution in [1.82, 2.24) is 4.90 Å². The summed E-state index contributed by atoms with van der Waals surface area (Å²) in [5.41, 5.74) is 0.797. The highest BCUT2D eigenvalue weighted by Crippen LogP contribution is 2.43. The van der Waals surface area contributed by atoms with E-state index in [9.17, 15) is 27.9 Å². The van der Waals surface area contributed by atoms with Gasteiger partial charge in [-0.2, -0.15) is 13.2 Å². The first-order valence-corrected chi connectivity index (χ1v) is 8.92. The van der Waals surface area contributed by atoms with Gasteiger partial charge in [-0.15, -0.1) is 0 Å². The molecule has 1 aromatic carbocycles. The molecule has 2 fully saturated rings. The van der Waals surface area contributed by atoms with E-state index in [1.807, 2.05) is 6.07 Å². The number of rotatable bonds is 3. The van der Waals surface area contributed by atoms with Crippen LogP contribution in [0.15, 0.2) is 30.3 Å². The molecule has 1 aliphatic heterocycles. The minimum atomic E-state index is -4.40. The molecule has 2 unspecified atom stereocenters. The molecule has 0 radical (unpaired) electrons. The average molecular weight is 369 g/mol. The maximum Gasteiger partial charge on any atom is 0.392 e. The number of alkyl halides is 3. The lowest BCUT2D eigenvalue weighted by molar-refractivity contribution is -0.200. The van der Waals surface area contributed by atoms with Crippen LogP contribution in [0.4, 0.5) is 13.2 Å². The third-order valence-corrected chi connectivity index (χ3v) is 5.68. The molecule has 4 nitrogen and oxygen atoms in total. The van der Waals surface area contributed by atoms with Crippen molar-refractivity contribution < 1.29 is 27.9 Å². The lowest BCUT2D eigenvalue weighted by atomic mass is 9.78. The van der Waals surface area contributed by atoms with E-state index < -0.39 is 41.7 Å². The third-order valence-electron chi connectivity index (χ3n) is 5.68. The van der Waals surface area contributed by atoms with Gasteiger partial charge >= 0.3 is 12.1 Å². The highest BCUT2D eigenvalue weighted by atomic mass is 19.4. The van der Waals surface area contributed by atoms with E-state index in [1.54, 1.807) is 24.3 Å². The lowest BCUT2D eigenvalue weighted by Gasteiger charge is -2.34. The van der Waals surface area contributed by atoms with E-state index in [2.05, 4.69) is 0 Å². The average Bonchev–Trinajstić information content (AvgIpc) is 3.07. The predicted molar refractivity (Wildman–Crippen MR) is 88.4 cm³/mol. The van der Waals surface area contributed by atoms with Crippen molar-refractivity contribution in [2.75, 3.05) is 13.1 Å². The van der Waals surface area contributed by atoms with Gasteiger partial charge in [0, 0.05) is 24.9 Å². The molecule has 1 aromatic rings. The van der Waals surface area contributed by atoms with Gasteiger partial charge in [0.15, 0.2) is 0 Å². The summed E-state index contributed by atoms with van der Waals surface area (Å²) in [6.07, 6.45) is -3.14. The molecule has 1 N–H and O–H groups in total. The zero-order valence-electron chi connectivity index (χ0n) is 14.3. The van der Waals surface area contributed by atoms with Crippen LogP contribution in [-0.4, -0.2) is 41.1 Å². The smallest absolute Gasteiger partial charge is 0.392 e. The fraction of sp³-hybridized carbons (Fsp3) is 0.579. The number of carbonyl (C=O) groups is 2. The number of carboxylic acids is 1. The van der Waals surface area contributed by atoms with E-state index in [0.717, 1.165) is 5.56 Å². The molecule has 1 heterocycles. The van der Waals surface area contributed by atoms with Crippen LogP contribution < -0.4 is 0 Å². The molecule has 3 rings (SSSR count). The van der Waals surface area contributed by atoms with Gasteiger partial charge in [0.25, 0.3) is 0 Å². The van der Waals surface area contributed by atoms with Crippen molar-refractivity contribution in [3.05, 3.63) is 35.9 Å². The van der Waals surface area contributed by atoms with Crippen LogP contribution in [0.1, 0.15) is 37.2 Å². The number of hydrogen-bond acceptors (Lipinski definition) is 2. The second-order valence-electron chi connectivity index (χ2n) is 7.24. The van der Waals surface area contributed by atoms with Crippen molar-refractivity contribution in [1.29, 1.82) is 0 Å². The van der Waals surface area contributed by atoms with Crippen LogP contribution in [0.2, 0.25) is 0 Å². The second-order valence-corrected chi connectivity index (χ2v) is 7.24. The highest BCUT2D eigenvalue weighted by Gasteiger charge is 2.50. The van der Waals surface area contributed by atoms with E-state index in [4.69, 9.17) is 0 Å². The normalized spacial score (nSPS) is 29.6. The Labute approximate surface area is 150 Å². The summed E-state index contributed by atoms with van der Waals surface area (Å²) >= 11 is 0. The fourth-order valence-corrected chi connectivity index (χ4v) is 4.32. The quantitative estimate of drug-likeness (QED) is 0.884. The first kappa shape index (κ1) is 18.7.